The maximum Gasteiger partial charge on any atom is 0.337 e. The number of oxime groups is 1. The molecule has 1 amide bonds. The molecule has 0 heterocycles. The number of rotatable bonds is 10. The van der Waals surface area contributed by atoms with Crippen molar-refractivity contribution in [3.05, 3.63) is 58.7 Å². The first-order valence-corrected chi connectivity index (χ1v) is 12.0. The van der Waals surface area contributed by atoms with Gasteiger partial charge in [-0.15, -0.1) is 0 Å². The molecule has 0 spiro atoms. The monoisotopic (exact) mass is 495 g/mol. The zero-order chi connectivity index (χ0) is 26.1. The van der Waals surface area contributed by atoms with Crippen LogP contribution in [0.3, 0.4) is 0 Å². The number of esters is 1. The van der Waals surface area contributed by atoms with Crippen LogP contribution in [0.15, 0.2) is 41.6 Å². The molecular weight excluding hydrogens is 462 g/mol. The third kappa shape index (κ3) is 6.84. The molecule has 0 atom stereocenters. The van der Waals surface area contributed by atoms with E-state index in [2.05, 4.69) is 15.8 Å². The first kappa shape index (κ1) is 26.7. The quantitative estimate of drug-likeness (QED) is 0.222. The van der Waals surface area contributed by atoms with Crippen LogP contribution in [-0.4, -0.2) is 51.4 Å². The molecule has 1 aliphatic carbocycles. The molecule has 0 aliphatic heterocycles. The molecule has 0 bridgehead atoms. The molecule has 9 nitrogen and oxygen atoms in total. The van der Waals surface area contributed by atoms with E-state index >= 15 is 0 Å². The molecule has 0 unspecified atom stereocenters. The van der Waals surface area contributed by atoms with Gasteiger partial charge in [-0.25, -0.2) is 9.59 Å². The molecule has 0 radical (unpaired) electrons. The fourth-order valence-corrected chi connectivity index (χ4v) is 4.31. The molecule has 2 N–H and O–H groups in total. The molecule has 3 rings (SSSR count). The topological polar surface area (TPSA) is 115 Å². The molecule has 2 aromatic carbocycles. The van der Waals surface area contributed by atoms with Gasteiger partial charge in [0.15, 0.2) is 0 Å². The van der Waals surface area contributed by atoms with Gasteiger partial charge in [-0.2, -0.15) is 0 Å². The molecule has 1 saturated carbocycles. The van der Waals surface area contributed by atoms with E-state index in [1.165, 1.54) is 34.0 Å². The summed E-state index contributed by atoms with van der Waals surface area (Å²) in [6.45, 7) is 1.92. The van der Waals surface area contributed by atoms with E-state index in [1.807, 2.05) is 0 Å². The van der Waals surface area contributed by atoms with Crippen molar-refractivity contribution in [1.82, 2.24) is 5.32 Å². The number of anilines is 1. The predicted molar refractivity (Wildman–Crippen MR) is 137 cm³/mol. The molecule has 1 fully saturated rings. The Morgan fingerprint density at radius 3 is 2.39 bits per heavy atom. The highest BCUT2D eigenvalue weighted by Crippen LogP contribution is 2.27. The second-order valence-corrected chi connectivity index (χ2v) is 8.69. The van der Waals surface area contributed by atoms with Crippen molar-refractivity contribution in [2.24, 2.45) is 11.1 Å². The second kappa shape index (κ2) is 12.7. The summed E-state index contributed by atoms with van der Waals surface area (Å²) in [6, 6.07) is 10.2. The molecule has 0 aromatic heterocycles. The van der Waals surface area contributed by atoms with Crippen LogP contribution in [0, 0.1) is 5.92 Å². The zero-order valence-electron chi connectivity index (χ0n) is 21.2. The molecule has 2 aromatic rings. The van der Waals surface area contributed by atoms with Gasteiger partial charge >= 0.3 is 11.9 Å². The van der Waals surface area contributed by atoms with Crippen LogP contribution in [0.5, 0.6) is 5.75 Å². The number of benzene rings is 2. The van der Waals surface area contributed by atoms with Gasteiger partial charge in [0, 0.05) is 49.3 Å². The molecule has 0 saturated heterocycles. The number of ether oxygens (including phenoxy) is 2. The van der Waals surface area contributed by atoms with Crippen LogP contribution >= 0.6 is 0 Å². The zero-order valence-corrected chi connectivity index (χ0v) is 21.2. The Balaban J connectivity index is 1.94. The van der Waals surface area contributed by atoms with Crippen LogP contribution in [0.4, 0.5) is 5.69 Å². The van der Waals surface area contributed by atoms with Crippen molar-refractivity contribution in [2.45, 2.75) is 39.0 Å². The SMILES string of the molecule is CNc1ccc(C(=O)NCC2CCCC2)cc1/C(Cc1ccc(C(=O)OC)cc1OC)=N/OC(C)=O. The summed E-state index contributed by atoms with van der Waals surface area (Å²) in [4.78, 5) is 41.4. The summed E-state index contributed by atoms with van der Waals surface area (Å²) in [5, 5.41) is 10.2. The van der Waals surface area contributed by atoms with E-state index in [0.29, 0.717) is 51.9 Å². The summed E-state index contributed by atoms with van der Waals surface area (Å²) < 4.78 is 10.3. The molecule has 36 heavy (non-hydrogen) atoms. The maximum atomic E-state index is 12.9. The largest absolute Gasteiger partial charge is 0.496 e. The first-order valence-electron chi connectivity index (χ1n) is 12.0. The number of nitrogens with one attached hydrogen (secondary N) is 2. The van der Waals surface area contributed by atoms with Gasteiger partial charge in [-0.3, -0.25) is 4.79 Å². The van der Waals surface area contributed by atoms with Crippen molar-refractivity contribution in [2.75, 3.05) is 33.1 Å². The van der Waals surface area contributed by atoms with Crippen molar-refractivity contribution < 1.29 is 28.7 Å². The van der Waals surface area contributed by atoms with Crippen molar-refractivity contribution in [3.8, 4) is 5.75 Å². The molecular formula is C27H33N3O6. The minimum absolute atomic E-state index is 0.169. The predicted octanol–water partition coefficient (Wildman–Crippen LogP) is 3.95. The van der Waals surface area contributed by atoms with Gasteiger partial charge in [0.2, 0.25) is 0 Å². The number of methoxy groups -OCH3 is 2. The number of nitrogens with zero attached hydrogens (tertiary/aromatic N) is 1. The standard InChI is InChI=1S/C27H33N3O6/c1-17(31)36-30-24(14-19-9-10-21(27(33)35-4)15-25(19)34-3)22-13-20(11-12-23(22)28-2)26(32)29-16-18-7-5-6-8-18/h9-13,15,18,28H,5-8,14,16H2,1-4H3,(H,29,32)/b30-24+. The Morgan fingerprint density at radius 1 is 1.03 bits per heavy atom. The molecule has 9 heteroatoms. The average Bonchev–Trinajstić information content (AvgIpc) is 3.42. The van der Waals surface area contributed by atoms with Gasteiger partial charge in [-0.1, -0.05) is 24.1 Å². The maximum absolute atomic E-state index is 12.9. The lowest BCUT2D eigenvalue weighted by molar-refractivity contribution is -0.140. The highest BCUT2D eigenvalue weighted by molar-refractivity contribution is 6.08. The van der Waals surface area contributed by atoms with Crippen LogP contribution in [-0.2, 0) is 20.8 Å². The van der Waals surface area contributed by atoms with Crippen molar-refractivity contribution in [3.63, 3.8) is 0 Å². The third-order valence-corrected chi connectivity index (χ3v) is 6.24. The smallest absolute Gasteiger partial charge is 0.337 e. The lowest BCUT2D eigenvalue weighted by Gasteiger charge is -2.16. The van der Waals surface area contributed by atoms with Crippen LogP contribution in [0.25, 0.3) is 0 Å². The minimum atomic E-state index is -0.572. The Hall–Kier alpha value is -3.88. The number of carbonyl (C=O) groups is 3. The van der Waals surface area contributed by atoms with Gasteiger partial charge in [0.05, 0.1) is 25.5 Å². The Morgan fingerprint density at radius 2 is 1.75 bits per heavy atom. The van der Waals surface area contributed by atoms with Gasteiger partial charge in [0.25, 0.3) is 5.91 Å². The number of amides is 1. The fourth-order valence-electron chi connectivity index (χ4n) is 4.31. The molecule has 192 valence electrons. The number of hydrogen-bond acceptors (Lipinski definition) is 8. The van der Waals surface area contributed by atoms with Crippen LogP contribution < -0.4 is 15.4 Å². The lowest BCUT2D eigenvalue weighted by atomic mass is 9.97. The third-order valence-electron chi connectivity index (χ3n) is 6.24. The van der Waals surface area contributed by atoms with Gasteiger partial charge in [-0.05, 0) is 49.1 Å². The van der Waals surface area contributed by atoms with Crippen LogP contribution in [0.2, 0.25) is 0 Å². The molecule has 1 aliphatic rings. The summed E-state index contributed by atoms with van der Waals surface area (Å²) in [5.74, 6) is -0.256. The van der Waals surface area contributed by atoms with Crippen molar-refractivity contribution >= 4 is 29.2 Å². The van der Waals surface area contributed by atoms with Gasteiger partial charge < -0.3 is 24.9 Å². The summed E-state index contributed by atoms with van der Waals surface area (Å²) in [5.41, 5.74) is 3.24. The Bertz CT molecular complexity index is 1140. The first-order chi connectivity index (χ1) is 17.4. The fraction of sp³-hybridized carbons (Fsp3) is 0.407. The van der Waals surface area contributed by atoms with Crippen LogP contribution in [0.1, 0.15) is 64.4 Å². The Kier molecular flexibility index (Phi) is 9.44. The van der Waals surface area contributed by atoms with E-state index in [9.17, 15) is 14.4 Å². The lowest BCUT2D eigenvalue weighted by Crippen LogP contribution is -2.28. The highest BCUT2D eigenvalue weighted by atomic mass is 16.7. The summed E-state index contributed by atoms with van der Waals surface area (Å²) in [7, 11) is 4.56. The summed E-state index contributed by atoms with van der Waals surface area (Å²) >= 11 is 0. The van der Waals surface area contributed by atoms with E-state index in [0.717, 1.165) is 12.8 Å². The normalized spacial score (nSPS) is 13.7. The second-order valence-electron chi connectivity index (χ2n) is 8.69. The number of carbonyl (C=O) groups excluding carboxylic acids is 3. The highest BCUT2D eigenvalue weighted by Gasteiger charge is 2.20. The summed E-state index contributed by atoms with van der Waals surface area (Å²) in [6.07, 6.45) is 4.91. The van der Waals surface area contributed by atoms with E-state index in [-0.39, 0.29) is 12.3 Å². The van der Waals surface area contributed by atoms with Gasteiger partial charge in [0.1, 0.15) is 5.75 Å². The van der Waals surface area contributed by atoms with E-state index in [1.54, 1.807) is 43.4 Å². The minimum Gasteiger partial charge on any atom is -0.496 e. The van der Waals surface area contributed by atoms with E-state index < -0.39 is 11.9 Å². The average molecular weight is 496 g/mol. The Labute approximate surface area is 211 Å². The number of hydrogen-bond donors (Lipinski definition) is 2. The van der Waals surface area contributed by atoms with Crippen molar-refractivity contribution in [1.29, 1.82) is 0 Å². The van der Waals surface area contributed by atoms with E-state index in [4.69, 9.17) is 14.3 Å².